The first-order valence-electron chi connectivity index (χ1n) is 7.37. The molecule has 0 aliphatic heterocycles. The van der Waals surface area contributed by atoms with Crippen molar-refractivity contribution in [2.45, 2.75) is 25.8 Å². The summed E-state index contributed by atoms with van der Waals surface area (Å²) in [6.07, 6.45) is 1.06. The van der Waals surface area contributed by atoms with Gasteiger partial charge in [-0.05, 0) is 48.7 Å². The first-order chi connectivity index (χ1) is 11.0. The number of ether oxygens (including phenoxy) is 1. The number of hydrogen-bond donors (Lipinski definition) is 1. The fourth-order valence-electron chi connectivity index (χ4n) is 2.33. The molecule has 1 atom stereocenters. The molecule has 0 saturated carbocycles. The Labute approximate surface area is 146 Å². The summed E-state index contributed by atoms with van der Waals surface area (Å²) < 4.78 is 5.18. The molecule has 0 saturated heterocycles. The number of halogens is 2. The maximum Gasteiger partial charge on any atom is 0.220 e. The number of aryl methyl sites for hydroxylation is 1. The number of benzene rings is 2. The van der Waals surface area contributed by atoms with Crippen LogP contribution in [0.25, 0.3) is 0 Å². The Morgan fingerprint density at radius 2 is 2.00 bits per heavy atom. The summed E-state index contributed by atoms with van der Waals surface area (Å²) in [5, 5.41) is 4.09. The van der Waals surface area contributed by atoms with E-state index in [4.69, 9.17) is 27.9 Å². The number of rotatable bonds is 6. The van der Waals surface area contributed by atoms with Gasteiger partial charge in [-0.15, -0.1) is 0 Å². The first-order valence-corrected chi connectivity index (χ1v) is 8.12. The minimum absolute atomic E-state index is 0.0219. The summed E-state index contributed by atoms with van der Waals surface area (Å²) >= 11 is 12.1. The Balaban J connectivity index is 1.91. The lowest BCUT2D eigenvalue weighted by Gasteiger charge is -2.16. The topological polar surface area (TPSA) is 38.3 Å². The number of nitrogens with one attached hydrogen (secondary N) is 1. The third kappa shape index (κ3) is 5.15. The Hall–Kier alpha value is -1.71. The third-order valence-corrected chi connectivity index (χ3v) is 4.14. The molecule has 0 aliphatic rings. The van der Waals surface area contributed by atoms with Crippen LogP contribution in [0.4, 0.5) is 0 Å². The zero-order chi connectivity index (χ0) is 16.8. The lowest BCUT2D eigenvalue weighted by Crippen LogP contribution is -2.27. The molecule has 0 radical (unpaired) electrons. The van der Waals surface area contributed by atoms with Gasteiger partial charge < -0.3 is 10.1 Å². The van der Waals surface area contributed by atoms with E-state index >= 15 is 0 Å². The molecular formula is C18H19Cl2NO2. The smallest absolute Gasteiger partial charge is 0.220 e. The number of carbonyl (C=O) groups excluding carboxylic acids is 1. The molecule has 1 N–H and O–H groups in total. The van der Waals surface area contributed by atoms with Crippen molar-refractivity contribution in [2.24, 2.45) is 0 Å². The summed E-state index contributed by atoms with van der Waals surface area (Å²) in [6.45, 7) is 1.90. The van der Waals surface area contributed by atoms with Gasteiger partial charge in [-0.1, -0.05) is 41.4 Å². The van der Waals surface area contributed by atoms with Gasteiger partial charge in [0.05, 0.1) is 13.2 Å². The highest BCUT2D eigenvalue weighted by molar-refractivity contribution is 6.35. The van der Waals surface area contributed by atoms with Crippen LogP contribution in [0.1, 0.15) is 30.5 Å². The molecule has 122 valence electrons. The molecule has 2 aromatic rings. The Morgan fingerprint density at radius 1 is 1.22 bits per heavy atom. The first kappa shape index (κ1) is 17.6. The molecule has 1 amide bonds. The van der Waals surface area contributed by atoms with E-state index in [0.29, 0.717) is 22.9 Å². The summed E-state index contributed by atoms with van der Waals surface area (Å²) in [7, 11) is 1.63. The Morgan fingerprint density at radius 3 is 2.70 bits per heavy atom. The standard InChI is InChI=1S/C18H19Cl2NO2/c1-12(16-8-7-14(19)11-17(16)20)21-18(22)9-6-13-4-3-5-15(10-13)23-2/h3-5,7-8,10-12H,6,9H2,1-2H3,(H,21,22). The lowest BCUT2D eigenvalue weighted by atomic mass is 10.1. The predicted octanol–water partition coefficient (Wildman–Crippen LogP) is 4.81. The number of carbonyl (C=O) groups is 1. The van der Waals surface area contributed by atoms with Crippen molar-refractivity contribution in [1.82, 2.24) is 5.32 Å². The zero-order valence-electron chi connectivity index (χ0n) is 13.1. The predicted molar refractivity (Wildman–Crippen MR) is 94.3 cm³/mol. The van der Waals surface area contributed by atoms with Gasteiger partial charge in [0.25, 0.3) is 0 Å². The average molecular weight is 352 g/mol. The molecule has 0 fully saturated rings. The highest BCUT2D eigenvalue weighted by atomic mass is 35.5. The van der Waals surface area contributed by atoms with Crippen LogP contribution in [0.5, 0.6) is 5.75 Å². The average Bonchev–Trinajstić information content (AvgIpc) is 2.53. The van der Waals surface area contributed by atoms with Crippen LogP contribution in [0.3, 0.4) is 0 Å². The van der Waals surface area contributed by atoms with Crippen LogP contribution in [-0.2, 0) is 11.2 Å². The molecule has 0 bridgehead atoms. The fourth-order valence-corrected chi connectivity index (χ4v) is 2.90. The maximum atomic E-state index is 12.1. The van der Waals surface area contributed by atoms with Crippen molar-refractivity contribution in [1.29, 1.82) is 0 Å². The van der Waals surface area contributed by atoms with Gasteiger partial charge in [-0.2, -0.15) is 0 Å². The molecule has 2 rings (SSSR count). The monoisotopic (exact) mass is 351 g/mol. The van der Waals surface area contributed by atoms with Gasteiger partial charge in [-0.25, -0.2) is 0 Å². The van der Waals surface area contributed by atoms with E-state index in [0.717, 1.165) is 16.9 Å². The van der Waals surface area contributed by atoms with Crippen molar-refractivity contribution >= 4 is 29.1 Å². The van der Waals surface area contributed by atoms with Crippen molar-refractivity contribution in [3.05, 3.63) is 63.6 Å². The van der Waals surface area contributed by atoms with Crippen LogP contribution in [0.2, 0.25) is 10.0 Å². The van der Waals surface area contributed by atoms with Gasteiger partial charge in [-0.3, -0.25) is 4.79 Å². The van der Waals surface area contributed by atoms with Crippen molar-refractivity contribution in [3.63, 3.8) is 0 Å². The normalized spacial score (nSPS) is 11.8. The van der Waals surface area contributed by atoms with E-state index < -0.39 is 0 Å². The molecule has 3 nitrogen and oxygen atoms in total. The quantitative estimate of drug-likeness (QED) is 0.810. The highest BCUT2D eigenvalue weighted by Crippen LogP contribution is 2.26. The third-order valence-electron chi connectivity index (χ3n) is 3.58. The van der Waals surface area contributed by atoms with Crippen LogP contribution < -0.4 is 10.1 Å². The van der Waals surface area contributed by atoms with Gasteiger partial charge in [0.2, 0.25) is 5.91 Å². The SMILES string of the molecule is COc1cccc(CCC(=O)NC(C)c2ccc(Cl)cc2Cl)c1. The zero-order valence-corrected chi connectivity index (χ0v) is 14.6. The van der Waals surface area contributed by atoms with Gasteiger partial charge in [0, 0.05) is 16.5 Å². The Kier molecular flexibility index (Phi) is 6.31. The molecule has 23 heavy (non-hydrogen) atoms. The molecule has 0 aliphatic carbocycles. The minimum atomic E-state index is -0.169. The lowest BCUT2D eigenvalue weighted by molar-refractivity contribution is -0.121. The van der Waals surface area contributed by atoms with E-state index in [9.17, 15) is 4.79 Å². The van der Waals surface area contributed by atoms with Crippen molar-refractivity contribution in [3.8, 4) is 5.75 Å². The molecular weight excluding hydrogens is 333 g/mol. The van der Waals surface area contributed by atoms with Crippen molar-refractivity contribution in [2.75, 3.05) is 7.11 Å². The summed E-state index contributed by atoms with van der Waals surface area (Å²) in [5.41, 5.74) is 1.92. The molecule has 0 spiro atoms. The second-order valence-electron chi connectivity index (χ2n) is 5.31. The minimum Gasteiger partial charge on any atom is -0.497 e. The van der Waals surface area contributed by atoms with Crippen LogP contribution in [-0.4, -0.2) is 13.0 Å². The summed E-state index contributed by atoms with van der Waals surface area (Å²) in [5.74, 6) is 0.774. The maximum absolute atomic E-state index is 12.1. The van der Waals surface area contributed by atoms with Crippen molar-refractivity contribution < 1.29 is 9.53 Å². The van der Waals surface area contributed by atoms with E-state index in [1.807, 2.05) is 37.3 Å². The second-order valence-corrected chi connectivity index (χ2v) is 6.15. The number of hydrogen-bond acceptors (Lipinski definition) is 2. The fraction of sp³-hybridized carbons (Fsp3) is 0.278. The van der Waals surface area contributed by atoms with Gasteiger partial charge in [0.15, 0.2) is 0 Å². The molecule has 0 heterocycles. The van der Waals surface area contributed by atoms with E-state index in [2.05, 4.69) is 5.32 Å². The molecule has 5 heteroatoms. The van der Waals surface area contributed by atoms with Gasteiger partial charge >= 0.3 is 0 Å². The van der Waals surface area contributed by atoms with Gasteiger partial charge in [0.1, 0.15) is 5.75 Å². The van der Waals surface area contributed by atoms with Crippen LogP contribution in [0, 0.1) is 0 Å². The van der Waals surface area contributed by atoms with Crippen LogP contribution in [0.15, 0.2) is 42.5 Å². The second kappa shape index (κ2) is 8.23. The largest absolute Gasteiger partial charge is 0.497 e. The molecule has 1 unspecified atom stereocenters. The Bertz CT molecular complexity index is 688. The number of methoxy groups -OCH3 is 1. The molecule has 2 aromatic carbocycles. The van der Waals surface area contributed by atoms with E-state index in [1.54, 1.807) is 19.2 Å². The van der Waals surface area contributed by atoms with Crippen LogP contribution >= 0.6 is 23.2 Å². The molecule has 0 aromatic heterocycles. The van der Waals surface area contributed by atoms with E-state index in [1.165, 1.54) is 0 Å². The number of amides is 1. The highest BCUT2D eigenvalue weighted by Gasteiger charge is 2.13. The summed E-state index contributed by atoms with van der Waals surface area (Å²) in [6, 6.07) is 12.8. The summed E-state index contributed by atoms with van der Waals surface area (Å²) in [4.78, 5) is 12.1. The van der Waals surface area contributed by atoms with E-state index in [-0.39, 0.29) is 11.9 Å².